The van der Waals surface area contributed by atoms with Gasteiger partial charge in [0.2, 0.25) is 0 Å². The Labute approximate surface area is 141 Å². The van der Waals surface area contributed by atoms with Crippen LogP contribution in [0.5, 0.6) is 0 Å². The summed E-state index contributed by atoms with van der Waals surface area (Å²) in [4.78, 5) is 22.5. The van der Waals surface area contributed by atoms with Crippen molar-refractivity contribution < 1.29 is 4.79 Å². The quantitative estimate of drug-likeness (QED) is 0.785. The average Bonchev–Trinajstić information content (AvgIpc) is 3.20. The van der Waals surface area contributed by atoms with Crippen molar-refractivity contribution in [2.45, 2.75) is 32.7 Å². The van der Waals surface area contributed by atoms with Gasteiger partial charge in [0.1, 0.15) is 11.5 Å². The highest BCUT2D eigenvalue weighted by Gasteiger charge is 2.26. The van der Waals surface area contributed by atoms with Gasteiger partial charge in [-0.05, 0) is 44.4 Å². The summed E-state index contributed by atoms with van der Waals surface area (Å²) in [5.41, 5.74) is 2.90. The van der Waals surface area contributed by atoms with Gasteiger partial charge in [-0.3, -0.25) is 4.79 Å². The zero-order valence-electron chi connectivity index (χ0n) is 14.1. The number of aryl methyl sites for hydroxylation is 2. The third-order valence-corrected chi connectivity index (χ3v) is 4.95. The minimum Gasteiger partial charge on any atom is -0.351 e. The van der Waals surface area contributed by atoms with E-state index in [2.05, 4.69) is 39.7 Å². The van der Waals surface area contributed by atoms with E-state index in [1.54, 1.807) is 0 Å². The Kier molecular flexibility index (Phi) is 3.63. The second kappa shape index (κ2) is 5.82. The molecule has 0 saturated carbocycles. The Hall–Kier alpha value is -2.56. The van der Waals surface area contributed by atoms with Crippen molar-refractivity contribution in [1.29, 1.82) is 0 Å². The molecule has 0 unspecified atom stereocenters. The standard InChI is InChI=1S/C19H22N4O/c1-13-5-6-15-11-18(21-17(15)10-13)19(24)22-8-3-4-16(12-22)23-9-7-20-14(23)2/h5-7,9-11,16,21H,3-4,8,12H2,1-2H3/t16-/m1/s1. The fourth-order valence-electron chi connectivity index (χ4n) is 3.67. The molecule has 3 heterocycles. The monoisotopic (exact) mass is 322 g/mol. The van der Waals surface area contributed by atoms with Gasteiger partial charge in [0.15, 0.2) is 0 Å². The molecule has 1 atom stereocenters. The van der Waals surface area contributed by atoms with E-state index in [9.17, 15) is 4.79 Å². The molecule has 1 saturated heterocycles. The van der Waals surface area contributed by atoms with Gasteiger partial charge in [-0.1, -0.05) is 12.1 Å². The van der Waals surface area contributed by atoms with E-state index in [1.807, 2.05) is 30.3 Å². The van der Waals surface area contributed by atoms with Crippen LogP contribution in [-0.4, -0.2) is 38.4 Å². The van der Waals surface area contributed by atoms with Gasteiger partial charge in [0.05, 0.1) is 6.04 Å². The van der Waals surface area contributed by atoms with E-state index in [-0.39, 0.29) is 5.91 Å². The number of aromatic amines is 1. The van der Waals surface area contributed by atoms with Crippen molar-refractivity contribution in [3.63, 3.8) is 0 Å². The Balaban J connectivity index is 1.57. The van der Waals surface area contributed by atoms with Crippen molar-refractivity contribution in [2.75, 3.05) is 13.1 Å². The van der Waals surface area contributed by atoms with Crippen LogP contribution >= 0.6 is 0 Å². The summed E-state index contributed by atoms with van der Waals surface area (Å²) < 4.78 is 2.19. The summed E-state index contributed by atoms with van der Waals surface area (Å²) in [7, 11) is 0. The van der Waals surface area contributed by atoms with E-state index in [0.717, 1.165) is 42.7 Å². The number of carbonyl (C=O) groups is 1. The number of rotatable bonds is 2. The van der Waals surface area contributed by atoms with E-state index in [1.165, 1.54) is 5.56 Å². The number of likely N-dealkylation sites (tertiary alicyclic amines) is 1. The van der Waals surface area contributed by atoms with Crippen molar-refractivity contribution in [1.82, 2.24) is 19.4 Å². The first-order valence-corrected chi connectivity index (χ1v) is 8.50. The first-order valence-electron chi connectivity index (χ1n) is 8.50. The normalized spacial score (nSPS) is 18.2. The molecule has 0 radical (unpaired) electrons. The smallest absolute Gasteiger partial charge is 0.270 e. The molecular weight excluding hydrogens is 300 g/mol. The van der Waals surface area contributed by atoms with Crippen LogP contribution in [0.15, 0.2) is 36.7 Å². The van der Waals surface area contributed by atoms with Crippen LogP contribution in [-0.2, 0) is 0 Å². The molecule has 124 valence electrons. The lowest BCUT2D eigenvalue weighted by Crippen LogP contribution is -2.41. The summed E-state index contributed by atoms with van der Waals surface area (Å²) in [6.45, 7) is 5.63. The second-order valence-electron chi connectivity index (χ2n) is 6.70. The zero-order valence-corrected chi connectivity index (χ0v) is 14.1. The summed E-state index contributed by atoms with van der Waals surface area (Å²) in [6, 6.07) is 8.50. The van der Waals surface area contributed by atoms with Gasteiger partial charge >= 0.3 is 0 Å². The van der Waals surface area contributed by atoms with Crippen LogP contribution in [0.3, 0.4) is 0 Å². The third kappa shape index (κ3) is 2.60. The van der Waals surface area contributed by atoms with Gasteiger partial charge in [-0.2, -0.15) is 0 Å². The molecule has 1 aliphatic rings. The molecule has 5 nitrogen and oxygen atoms in total. The molecule has 5 heteroatoms. The third-order valence-electron chi connectivity index (χ3n) is 4.95. The largest absolute Gasteiger partial charge is 0.351 e. The van der Waals surface area contributed by atoms with Gasteiger partial charge in [-0.25, -0.2) is 4.98 Å². The maximum absolute atomic E-state index is 12.9. The van der Waals surface area contributed by atoms with Gasteiger partial charge in [0, 0.05) is 36.4 Å². The lowest BCUT2D eigenvalue weighted by atomic mass is 10.0. The number of nitrogens with one attached hydrogen (secondary N) is 1. The topological polar surface area (TPSA) is 53.9 Å². The van der Waals surface area contributed by atoms with E-state index >= 15 is 0 Å². The number of H-pyrrole nitrogens is 1. The SMILES string of the molecule is Cc1ccc2cc(C(=O)N3CCC[C@@H](n4ccnc4C)C3)[nH]c2c1. The lowest BCUT2D eigenvalue weighted by Gasteiger charge is -2.33. The summed E-state index contributed by atoms with van der Waals surface area (Å²) in [5.74, 6) is 1.10. The fourth-order valence-corrected chi connectivity index (χ4v) is 3.67. The molecule has 24 heavy (non-hydrogen) atoms. The number of aromatic nitrogens is 3. The number of carbonyl (C=O) groups excluding carboxylic acids is 1. The molecule has 1 N–H and O–H groups in total. The predicted octanol–water partition coefficient (Wildman–Crippen LogP) is 3.46. The molecule has 2 aromatic heterocycles. The summed E-state index contributed by atoms with van der Waals surface area (Å²) in [5, 5.41) is 1.09. The number of fused-ring (bicyclic) bond motifs is 1. The zero-order chi connectivity index (χ0) is 16.7. The van der Waals surface area contributed by atoms with Crippen LogP contribution in [0.1, 0.15) is 40.8 Å². The number of amides is 1. The fraction of sp³-hybridized carbons (Fsp3) is 0.368. The molecule has 1 fully saturated rings. The highest BCUT2D eigenvalue weighted by atomic mass is 16.2. The molecule has 0 bridgehead atoms. The maximum Gasteiger partial charge on any atom is 0.270 e. The molecule has 4 rings (SSSR count). The van der Waals surface area contributed by atoms with E-state index < -0.39 is 0 Å². The van der Waals surface area contributed by atoms with Crippen molar-refractivity contribution in [3.05, 3.63) is 53.7 Å². The van der Waals surface area contributed by atoms with Crippen LogP contribution in [0, 0.1) is 13.8 Å². The highest BCUT2D eigenvalue weighted by Crippen LogP contribution is 2.25. The number of benzene rings is 1. The number of hydrogen-bond acceptors (Lipinski definition) is 2. The number of hydrogen-bond donors (Lipinski definition) is 1. The maximum atomic E-state index is 12.9. The second-order valence-corrected chi connectivity index (χ2v) is 6.70. The molecule has 1 aromatic carbocycles. The predicted molar refractivity (Wildman–Crippen MR) is 94.2 cm³/mol. The van der Waals surface area contributed by atoms with Gasteiger partial charge in [-0.15, -0.1) is 0 Å². The number of piperidine rings is 1. The Morgan fingerprint density at radius 3 is 2.96 bits per heavy atom. The molecule has 3 aromatic rings. The summed E-state index contributed by atoms with van der Waals surface area (Å²) in [6.07, 6.45) is 5.95. The van der Waals surface area contributed by atoms with Crippen molar-refractivity contribution in [2.24, 2.45) is 0 Å². The first kappa shape index (κ1) is 15.0. The van der Waals surface area contributed by atoms with Gasteiger partial charge in [0.25, 0.3) is 5.91 Å². The molecular formula is C19H22N4O. The Bertz CT molecular complexity index is 892. The van der Waals surface area contributed by atoms with Gasteiger partial charge < -0.3 is 14.5 Å². The number of nitrogens with zero attached hydrogens (tertiary/aromatic N) is 3. The van der Waals surface area contributed by atoms with Crippen LogP contribution in [0.4, 0.5) is 0 Å². The lowest BCUT2D eigenvalue weighted by molar-refractivity contribution is 0.0673. The highest BCUT2D eigenvalue weighted by molar-refractivity contribution is 5.98. The molecule has 1 aliphatic heterocycles. The van der Waals surface area contributed by atoms with Crippen molar-refractivity contribution >= 4 is 16.8 Å². The average molecular weight is 322 g/mol. The summed E-state index contributed by atoms with van der Waals surface area (Å²) >= 11 is 0. The van der Waals surface area contributed by atoms with Crippen LogP contribution in [0.25, 0.3) is 10.9 Å². The Morgan fingerprint density at radius 1 is 1.29 bits per heavy atom. The Morgan fingerprint density at radius 2 is 2.17 bits per heavy atom. The first-order chi connectivity index (χ1) is 11.6. The van der Waals surface area contributed by atoms with E-state index in [4.69, 9.17) is 0 Å². The van der Waals surface area contributed by atoms with E-state index in [0.29, 0.717) is 11.7 Å². The van der Waals surface area contributed by atoms with Crippen LogP contribution in [0.2, 0.25) is 0 Å². The molecule has 0 aliphatic carbocycles. The minimum absolute atomic E-state index is 0.0892. The van der Waals surface area contributed by atoms with Crippen molar-refractivity contribution in [3.8, 4) is 0 Å². The van der Waals surface area contributed by atoms with Crippen LogP contribution < -0.4 is 0 Å². The number of imidazole rings is 1. The molecule has 0 spiro atoms. The molecule has 1 amide bonds. The minimum atomic E-state index is 0.0892.